The van der Waals surface area contributed by atoms with Crippen molar-refractivity contribution < 1.29 is 28.6 Å². The first-order valence-corrected chi connectivity index (χ1v) is 33.7. The van der Waals surface area contributed by atoms with Gasteiger partial charge < -0.3 is 14.2 Å². The highest BCUT2D eigenvalue weighted by molar-refractivity contribution is 5.71. The fourth-order valence-corrected chi connectivity index (χ4v) is 9.50. The summed E-state index contributed by atoms with van der Waals surface area (Å²) in [5.74, 6) is -0.884. The molecule has 0 rings (SSSR count). The number of carbonyl (C=O) groups excluding carboxylic acids is 3. The second-order valence-corrected chi connectivity index (χ2v) is 22.3. The lowest BCUT2D eigenvalue weighted by Gasteiger charge is -2.18. The van der Waals surface area contributed by atoms with Crippen LogP contribution in [0.1, 0.15) is 329 Å². The summed E-state index contributed by atoms with van der Waals surface area (Å²) in [6.45, 7) is 6.52. The minimum absolute atomic E-state index is 0.0807. The van der Waals surface area contributed by atoms with Gasteiger partial charge in [-0.1, -0.05) is 285 Å². The van der Waals surface area contributed by atoms with Crippen LogP contribution in [0, 0.1) is 0 Å². The van der Waals surface area contributed by atoms with Crippen molar-refractivity contribution in [3.8, 4) is 0 Å². The molecule has 0 aliphatic heterocycles. The summed E-state index contributed by atoms with van der Waals surface area (Å²) in [7, 11) is 0. The predicted octanol–water partition coefficient (Wildman–Crippen LogP) is 23.2. The molecule has 0 heterocycles. The first kappa shape index (κ1) is 75.3. The highest BCUT2D eigenvalue weighted by atomic mass is 16.6. The molecule has 0 aliphatic rings. The Kier molecular flexibility index (Phi) is 63.7. The predicted molar refractivity (Wildman–Crippen MR) is 344 cm³/mol. The average molecular weight is 1100 g/mol. The van der Waals surface area contributed by atoms with Crippen LogP contribution < -0.4 is 0 Å². The standard InChI is InChI=1S/C73H126O6/c1-4-7-10-13-16-19-22-25-27-29-31-32-33-34-35-36-37-38-39-40-41-42-43-45-46-48-51-54-57-60-63-66-72(75)78-69-70(68-77-71(74)65-62-59-56-53-50-24-21-18-15-12-9-6-3)79-73(76)67-64-61-58-55-52-49-47-44-30-28-26-23-20-17-14-11-8-5-2/h7,10,16,18-19,21,25,27-28,30-32,34-35,37-38,70H,4-6,8-9,11-15,17,20,22-24,26,29,33,36,39-69H2,1-3H3/b10-7-,19-16-,21-18-,27-25-,30-28-,32-31-,35-34-,38-37-. The molecule has 0 amide bonds. The van der Waals surface area contributed by atoms with E-state index in [0.29, 0.717) is 19.3 Å². The number of allylic oxidation sites excluding steroid dienone is 16. The monoisotopic (exact) mass is 1100 g/mol. The Morgan fingerprint density at radius 3 is 0.810 bits per heavy atom. The third kappa shape index (κ3) is 65.0. The van der Waals surface area contributed by atoms with Crippen molar-refractivity contribution >= 4 is 17.9 Å². The Morgan fingerprint density at radius 2 is 0.494 bits per heavy atom. The van der Waals surface area contributed by atoms with Gasteiger partial charge in [-0.05, 0) is 122 Å². The number of rotatable bonds is 61. The summed E-state index contributed by atoms with van der Waals surface area (Å²) in [5, 5.41) is 0. The van der Waals surface area contributed by atoms with Gasteiger partial charge in [-0.25, -0.2) is 0 Å². The van der Waals surface area contributed by atoms with E-state index >= 15 is 0 Å². The topological polar surface area (TPSA) is 78.9 Å². The molecule has 0 N–H and O–H groups in total. The minimum atomic E-state index is -0.784. The van der Waals surface area contributed by atoms with E-state index in [0.717, 1.165) is 103 Å². The summed E-state index contributed by atoms with van der Waals surface area (Å²) in [4.78, 5) is 38.3. The molecule has 0 aromatic heterocycles. The fourth-order valence-electron chi connectivity index (χ4n) is 9.50. The Bertz CT molecular complexity index is 1540. The zero-order chi connectivity index (χ0) is 57.1. The van der Waals surface area contributed by atoms with Crippen LogP contribution in [0.4, 0.5) is 0 Å². The fraction of sp³-hybridized carbons (Fsp3) is 0.740. The third-order valence-corrected chi connectivity index (χ3v) is 14.5. The summed E-state index contributed by atoms with van der Waals surface area (Å²) in [5.41, 5.74) is 0. The Balaban J connectivity index is 4.23. The highest BCUT2D eigenvalue weighted by Crippen LogP contribution is 2.16. The number of carbonyl (C=O) groups is 3. The van der Waals surface area contributed by atoms with Crippen molar-refractivity contribution in [2.75, 3.05) is 13.2 Å². The van der Waals surface area contributed by atoms with Gasteiger partial charge in [0.2, 0.25) is 0 Å². The lowest BCUT2D eigenvalue weighted by molar-refractivity contribution is -0.167. The van der Waals surface area contributed by atoms with Gasteiger partial charge in [-0.3, -0.25) is 14.4 Å². The second kappa shape index (κ2) is 66.8. The summed E-state index contributed by atoms with van der Waals surface area (Å²) in [6.07, 6.45) is 90.0. The zero-order valence-electron chi connectivity index (χ0n) is 52.1. The van der Waals surface area contributed by atoms with Crippen molar-refractivity contribution in [1.29, 1.82) is 0 Å². The van der Waals surface area contributed by atoms with E-state index in [4.69, 9.17) is 14.2 Å². The Morgan fingerprint density at radius 1 is 0.266 bits per heavy atom. The van der Waals surface area contributed by atoms with Crippen LogP contribution in [-0.2, 0) is 28.6 Å². The quantitative estimate of drug-likeness (QED) is 0.0261. The van der Waals surface area contributed by atoms with Crippen molar-refractivity contribution in [3.05, 3.63) is 97.2 Å². The molecule has 0 radical (unpaired) electrons. The number of hydrogen-bond donors (Lipinski definition) is 0. The van der Waals surface area contributed by atoms with E-state index in [1.807, 2.05) is 0 Å². The molecule has 1 unspecified atom stereocenters. The molecule has 454 valence electrons. The molecule has 0 fully saturated rings. The summed E-state index contributed by atoms with van der Waals surface area (Å²) in [6, 6.07) is 0. The molecule has 0 bridgehead atoms. The van der Waals surface area contributed by atoms with Crippen LogP contribution in [0.3, 0.4) is 0 Å². The van der Waals surface area contributed by atoms with Gasteiger partial charge in [0.15, 0.2) is 6.10 Å². The first-order valence-electron chi connectivity index (χ1n) is 33.7. The maximum Gasteiger partial charge on any atom is 0.306 e. The van der Waals surface area contributed by atoms with Crippen molar-refractivity contribution in [2.24, 2.45) is 0 Å². The lowest BCUT2D eigenvalue weighted by Crippen LogP contribution is -2.30. The number of ether oxygens (including phenoxy) is 3. The molecular formula is C73H126O6. The zero-order valence-corrected chi connectivity index (χ0v) is 52.1. The largest absolute Gasteiger partial charge is 0.462 e. The third-order valence-electron chi connectivity index (χ3n) is 14.5. The average Bonchev–Trinajstić information content (AvgIpc) is 3.45. The van der Waals surface area contributed by atoms with Gasteiger partial charge in [-0.2, -0.15) is 0 Å². The normalized spacial score (nSPS) is 12.7. The number of esters is 3. The Labute approximate surface area is 489 Å². The van der Waals surface area contributed by atoms with Crippen LogP contribution in [0.5, 0.6) is 0 Å². The van der Waals surface area contributed by atoms with E-state index in [1.54, 1.807) is 0 Å². The molecule has 0 saturated heterocycles. The smallest absolute Gasteiger partial charge is 0.306 e. The molecule has 6 heteroatoms. The van der Waals surface area contributed by atoms with Gasteiger partial charge >= 0.3 is 17.9 Å². The van der Waals surface area contributed by atoms with Crippen LogP contribution in [0.15, 0.2) is 97.2 Å². The maximum absolute atomic E-state index is 12.9. The molecule has 79 heavy (non-hydrogen) atoms. The maximum atomic E-state index is 12.9. The van der Waals surface area contributed by atoms with E-state index in [9.17, 15) is 14.4 Å². The molecule has 0 aromatic carbocycles. The molecule has 6 nitrogen and oxygen atoms in total. The van der Waals surface area contributed by atoms with E-state index in [-0.39, 0.29) is 31.1 Å². The number of hydrogen-bond acceptors (Lipinski definition) is 6. The Hall–Kier alpha value is -3.67. The number of unbranched alkanes of at least 4 members (excludes halogenated alkanes) is 34. The first-order chi connectivity index (χ1) is 39.0. The molecule has 0 aromatic rings. The van der Waals surface area contributed by atoms with Crippen molar-refractivity contribution in [3.63, 3.8) is 0 Å². The van der Waals surface area contributed by atoms with Crippen LogP contribution in [0.25, 0.3) is 0 Å². The summed E-state index contributed by atoms with van der Waals surface area (Å²) < 4.78 is 16.9. The van der Waals surface area contributed by atoms with Crippen LogP contribution >= 0.6 is 0 Å². The summed E-state index contributed by atoms with van der Waals surface area (Å²) >= 11 is 0. The molecule has 0 spiro atoms. The highest BCUT2D eigenvalue weighted by Gasteiger charge is 2.19. The molecule has 1 atom stereocenters. The van der Waals surface area contributed by atoms with Crippen molar-refractivity contribution in [2.45, 2.75) is 335 Å². The lowest BCUT2D eigenvalue weighted by atomic mass is 10.0. The SMILES string of the molecule is CC/C=C\C/C=C\C/C=C\C/C=C\C/C=C\C/C=C\CCCCCCCCCCCCCCC(=O)OCC(COC(=O)CCCCCCC/C=C\CCCCC)OC(=O)CCCCCCCCC/C=C\CCCCCCCCC. The molecular weight excluding hydrogens is 973 g/mol. The van der Waals surface area contributed by atoms with Gasteiger partial charge in [-0.15, -0.1) is 0 Å². The van der Waals surface area contributed by atoms with E-state index in [2.05, 4.69) is 118 Å². The van der Waals surface area contributed by atoms with E-state index in [1.165, 1.54) is 186 Å². The molecule has 0 aliphatic carbocycles. The van der Waals surface area contributed by atoms with Crippen LogP contribution in [-0.4, -0.2) is 37.2 Å². The van der Waals surface area contributed by atoms with E-state index < -0.39 is 6.10 Å². The van der Waals surface area contributed by atoms with Gasteiger partial charge in [0.05, 0.1) is 0 Å². The second-order valence-electron chi connectivity index (χ2n) is 22.3. The van der Waals surface area contributed by atoms with Gasteiger partial charge in [0.1, 0.15) is 13.2 Å². The van der Waals surface area contributed by atoms with Gasteiger partial charge in [0.25, 0.3) is 0 Å². The van der Waals surface area contributed by atoms with Gasteiger partial charge in [0, 0.05) is 19.3 Å². The van der Waals surface area contributed by atoms with Crippen molar-refractivity contribution in [1.82, 2.24) is 0 Å². The van der Waals surface area contributed by atoms with Crippen LogP contribution in [0.2, 0.25) is 0 Å². The minimum Gasteiger partial charge on any atom is -0.462 e. The molecule has 0 saturated carbocycles.